The molecule has 2 aromatic rings. The predicted octanol–water partition coefficient (Wildman–Crippen LogP) is 4.53. The number of benzene rings is 2. The number of para-hydroxylation sites is 1. The fourth-order valence-corrected chi connectivity index (χ4v) is 3.84. The lowest BCUT2D eigenvalue weighted by molar-refractivity contribution is -0.132. The van der Waals surface area contributed by atoms with E-state index < -0.39 is 0 Å². The summed E-state index contributed by atoms with van der Waals surface area (Å²) in [6, 6.07) is 18.8. The number of carbonyl (C=O) groups is 1. The van der Waals surface area contributed by atoms with Crippen molar-refractivity contribution >= 4 is 18.3 Å². The van der Waals surface area contributed by atoms with E-state index in [0.29, 0.717) is 19.1 Å². The number of rotatable bonds is 8. The van der Waals surface area contributed by atoms with Crippen LogP contribution in [0, 0.1) is 5.92 Å². The fraction of sp³-hybridized carbons (Fsp3) is 0.458. The third-order valence-electron chi connectivity index (χ3n) is 5.79. The summed E-state index contributed by atoms with van der Waals surface area (Å²) in [5.41, 5.74) is 2.20. The summed E-state index contributed by atoms with van der Waals surface area (Å²) >= 11 is 0. The Hall–Kier alpha value is -2.04. The number of nitrogens with one attached hydrogen (secondary N) is 1. The van der Waals surface area contributed by atoms with Crippen LogP contribution in [0.5, 0.6) is 5.75 Å². The minimum absolute atomic E-state index is 0. The Morgan fingerprint density at radius 1 is 0.966 bits per heavy atom. The van der Waals surface area contributed by atoms with Crippen LogP contribution in [0.4, 0.5) is 0 Å². The summed E-state index contributed by atoms with van der Waals surface area (Å²) in [7, 11) is 0. The second-order valence-corrected chi connectivity index (χ2v) is 7.97. The zero-order chi connectivity index (χ0) is 19.2. The molecule has 0 radical (unpaired) electrons. The topological polar surface area (TPSA) is 41.6 Å². The van der Waals surface area contributed by atoms with Gasteiger partial charge in [-0.3, -0.25) is 4.79 Å². The summed E-state index contributed by atoms with van der Waals surface area (Å²) in [6.45, 7) is 3.30. The van der Waals surface area contributed by atoms with Gasteiger partial charge in [-0.1, -0.05) is 48.5 Å². The zero-order valence-electron chi connectivity index (χ0n) is 16.9. The minimum Gasteiger partial charge on any atom is -0.492 e. The van der Waals surface area contributed by atoms with E-state index in [4.69, 9.17) is 4.74 Å². The van der Waals surface area contributed by atoms with E-state index in [1.54, 1.807) is 0 Å². The molecule has 1 N–H and O–H groups in total. The second-order valence-electron chi connectivity index (χ2n) is 7.97. The monoisotopic (exact) mass is 414 g/mol. The van der Waals surface area contributed by atoms with Crippen molar-refractivity contribution in [2.24, 2.45) is 5.92 Å². The Balaban J connectivity index is 0.00000240. The molecule has 29 heavy (non-hydrogen) atoms. The molecular formula is C24H31ClN2O2. The van der Waals surface area contributed by atoms with Crippen molar-refractivity contribution < 1.29 is 9.53 Å². The van der Waals surface area contributed by atoms with Gasteiger partial charge in [-0.2, -0.15) is 0 Å². The van der Waals surface area contributed by atoms with E-state index in [9.17, 15) is 4.79 Å². The van der Waals surface area contributed by atoms with Crippen molar-refractivity contribution in [2.45, 2.75) is 38.1 Å². The van der Waals surface area contributed by atoms with Gasteiger partial charge < -0.3 is 15.0 Å². The molecule has 4 rings (SSSR count). The van der Waals surface area contributed by atoms with Gasteiger partial charge in [-0.25, -0.2) is 0 Å². The van der Waals surface area contributed by atoms with Crippen molar-refractivity contribution in [2.75, 3.05) is 26.2 Å². The fourth-order valence-electron chi connectivity index (χ4n) is 3.84. The first-order valence-corrected chi connectivity index (χ1v) is 10.6. The molecule has 0 atom stereocenters. The Kier molecular flexibility index (Phi) is 7.96. The molecule has 1 saturated carbocycles. The second kappa shape index (κ2) is 10.7. The van der Waals surface area contributed by atoms with Crippen molar-refractivity contribution in [1.29, 1.82) is 0 Å². The van der Waals surface area contributed by atoms with E-state index in [2.05, 4.69) is 23.5 Å². The SMILES string of the molecule is Cl.O=C(CCOc1ccccc1-c1ccccc1)N1CCC(NCC2CC2)CC1. The molecule has 1 amide bonds. The lowest BCUT2D eigenvalue weighted by atomic mass is 10.0. The number of hydrogen-bond acceptors (Lipinski definition) is 3. The normalized spacial score (nSPS) is 16.9. The van der Waals surface area contributed by atoms with Gasteiger partial charge in [0.15, 0.2) is 0 Å². The molecule has 2 fully saturated rings. The van der Waals surface area contributed by atoms with E-state index in [0.717, 1.165) is 55.3 Å². The number of halogens is 1. The van der Waals surface area contributed by atoms with Crippen LogP contribution in [0.2, 0.25) is 0 Å². The third kappa shape index (κ3) is 6.22. The molecule has 0 spiro atoms. The van der Waals surface area contributed by atoms with Crippen LogP contribution in [0.25, 0.3) is 11.1 Å². The molecular weight excluding hydrogens is 384 g/mol. The van der Waals surface area contributed by atoms with Crippen molar-refractivity contribution in [1.82, 2.24) is 10.2 Å². The van der Waals surface area contributed by atoms with Gasteiger partial charge in [0, 0.05) is 24.7 Å². The largest absolute Gasteiger partial charge is 0.492 e. The van der Waals surface area contributed by atoms with Gasteiger partial charge in [0.25, 0.3) is 0 Å². The molecule has 2 aromatic carbocycles. The Bertz CT molecular complexity index is 771. The first-order valence-electron chi connectivity index (χ1n) is 10.6. The predicted molar refractivity (Wildman–Crippen MR) is 120 cm³/mol. The summed E-state index contributed by atoms with van der Waals surface area (Å²) < 4.78 is 5.99. The van der Waals surface area contributed by atoms with Crippen LogP contribution >= 0.6 is 12.4 Å². The van der Waals surface area contributed by atoms with E-state index in [1.165, 1.54) is 12.8 Å². The van der Waals surface area contributed by atoms with E-state index >= 15 is 0 Å². The molecule has 1 saturated heterocycles. The molecule has 4 nitrogen and oxygen atoms in total. The first kappa shape index (κ1) is 21.7. The van der Waals surface area contributed by atoms with Crippen molar-refractivity contribution in [3.05, 3.63) is 54.6 Å². The van der Waals surface area contributed by atoms with Gasteiger partial charge in [-0.05, 0) is 49.8 Å². The van der Waals surface area contributed by atoms with Gasteiger partial charge in [0.1, 0.15) is 5.75 Å². The van der Waals surface area contributed by atoms with Gasteiger partial charge in [0.05, 0.1) is 13.0 Å². The summed E-state index contributed by atoms with van der Waals surface area (Å²) in [5.74, 6) is 1.96. The number of likely N-dealkylation sites (tertiary alicyclic amines) is 1. The number of ether oxygens (including phenoxy) is 1. The highest BCUT2D eigenvalue weighted by Gasteiger charge is 2.25. The van der Waals surface area contributed by atoms with Crippen LogP contribution in [0.15, 0.2) is 54.6 Å². The van der Waals surface area contributed by atoms with Crippen LogP contribution in [0.3, 0.4) is 0 Å². The number of carbonyl (C=O) groups excluding carboxylic acids is 1. The zero-order valence-corrected chi connectivity index (χ0v) is 17.7. The minimum atomic E-state index is 0. The van der Waals surface area contributed by atoms with Crippen molar-refractivity contribution in [3.63, 3.8) is 0 Å². The standard InChI is InChI=1S/C24H30N2O2.ClH/c27-24(26-15-12-21(13-16-26)25-18-19-10-11-19)14-17-28-23-9-5-4-8-22(23)20-6-2-1-3-7-20;/h1-9,19,21,25H,10-18H2;1H. The van der Waals surface area contributed by atoms with E-state index in [-0.39, 0.29) is 18.3 Å². The maximum absolute atomic E-state index is 12.6. The number of hydrogen-bond donors (Lipinski definition) is 1. The molecule has 0 aromatic heterocycles. The average Bonchev–Trinajstić information content (AvgIpc) is 3.58. The summed E-state index contributed by atoms with van der Waals surface area (Å²) in [6.07, 6.45) is 5.34. The maximum Gasteiger partial charge on any atom is 0.225 e. The molecule has 156 valence electrons. The number of piperidine rings is 1. The van der Waals surface area contributed by atoms with Crippen molar-refractivity contribution in [3.8, 4) is 16.9 Å². The third-order valence-corrected chi connectivity index (χ3v) is 5.79. The lowest BCUT2D eigenvalue weighted by Gasteiger charge is -2.32. The Labute approximate surface area is 180 Å². The summed E-state index contributed by atoms with van der Waals surface area (Å²) in [4.78, 5) is 14.6. The molecule has 1 aliphatic heterocycles. The van der Waals surface area contributed by atoms with E-state index in [1.807, 2.05) is 41.3 Å². The maximum atomic E-state index is 12.6. The highest BCUT2D eigenvalue weighted by atomic mass is 35.5. The first-order chi connectivity index (χ1) is 13.8. The van der Waals surface area contributed by atoms with Gasteiger partial charge >= 0.3 is 0 Å². The van der Waals surface area contributed by atoms with Crippen LogP contribution in [0.1, 0.15) is 32.1 Å². The number of amides is 1. The Morgan fingerprint density at radius 3 is 2.38 bits per heavy atom. The molecule has 2 aliphatic rings. The molecule has 1 aliphatic carbocycles. The Morgan fingerprint density at radius 2 is 1.66 bits per heavy atom. The van der Waals surface area contributed by atoms with Gasteiger partial charge in [0.2, 0.25) is 5.91 Å². The highest BCUT2D eigenvalue weighted by Crippen LogP contribution is 2.30. The van der Waals surface area contributed by atoms with Gasteiger partial charge in [-0.15, -0.1) is 12.4 Å². The van der Waals surface area contributed by atoms with Crippen LogP contribution in [-0.4, -0.2) is 43.1 Å². The lowest BCUT2D eigenvalue weighted by Crippen LogP contribution is -2.45. The smallest absolute Gasteiger partial charge is 0.225 e. The molecule has 1 heterocycles. The average molecular weight is 415 g/mol. The molecule has 5 heteroatoms. The molecule has 0 bridgehead atoms. The quantitative estimate of drug-likeness (QED) is 0.689. The molecule has 0 unspecified atom stereocenters. The summed E-state index contributed by atoms with van der Waals surface area (Å²) in [5, 5.41) is 3.67. The number of nitrogens with zero attached hydrogens (tertiary/aromatic N) is 1. The van der Waals surface area contributed by atoms with Crippen LogP contribution in [-0.2, 0) is 4.79 Å². The highest BCUT2D eigenvalue weighted by molar-refractivity contribution is 5.85. The van der Waals surface area contributed by atoms with Crippen LogP contribution < -0.4 is 10.1 Å².